The number of nitrogens with zero attached hydrogens (tertiary/aromatic N) is 1. The molecule has 3 rings (SSSR count). The SMILES string of the molecule is C[C@@H]1CN=C(c2ccccc2)c2ccccc2C(=O)O1. The van der Waals surface area contributed by atoms with Gasteiger partial charge in [0.05, 0.1) is 17.8 Å². The number of carbonyl (C=O) groups is 1. The number of fused-ring (bicyclic) bond motifs is 1. The van der Waals surface area contributed by atoms with E-state index in [-0.39, 0.29) is 12.1 Å². The summed E-state index contributed by atoms with van der Waals surface area (Å²) >= 11 is 0. The Balaban J connectivity index is 2.18. The molecule has 2 aromatic rings. The van der Waals surface area contributed by atoms with Crippen LogP contribution in [0.4, 0.5) is 0 Å². The number of hydrogen-bond donors (Lipinski definition) is 0. The van der Waals surface area contributed by atoms with E-state index in [0.717, 1.165) is 16.8 Å². The topological polar surface area (TPSA) is 38.7 Å². The molecule has 100 valence electrons. The van der Waals surface area contributed by atoms with Gasteiger partial charge in [0.15, 0.2) is 0 Å². The van der Waals surface area contributed by atoms with E-state index < -0.39 is 0 Å². The highest BCUT2D eigenvalue weighted by Crippen LogP contribution is 2.19. The monoisotopic (exact) mass is 265 g/mol. The van der Waals surface area contributed by atoms with Crippen molar-refractivity contribution in [2.45, 2.75) is 13.0 Å². The lowest BCUT2D eigenvalue weighted by Gasteiger charge is -2.19. The van der Waals surface area contributed by atoms with Crippen molar-refractivity contribution in [1.82, 2.24) is 0 Å². The fourth-order valence-electron chi connectivity index (χ4n) is 2.30. The molecule has 20 heavy (non-hydrogen) atoms. The van der Waals surface area contributed by atoms with Gasteiger partial charge in [0.1, 0.15) is 6.10 Å². The summed E-state index contributed by atoms with van der Waals surface area (Å²) in [7, 11) is 0. The van der Waals surface area contributed by atoms with Crippen LogP contribution in [0.25, 0.3) is 0 Å². The van der Waals surface area contributed by atoms with Crippen LogP contribution in [0.5, 0.6) is 0 Å². The summed E-state index contributed by atoms with van der Waals surface area (Å²) in [5, 5.41) is 0. The molecule has 1 atom stereocenters. The third-order valence-electron chi connectivity index (χ3n) is 3.26. The minimum atomic E-state index is -0.281. The van der Waals surface area contributed by atoms with Crippen LogP contribution in [0.15, 0.2) is 59.6 Å². The Bertz CT molecular complexity index is 662. The van der Waals surface area contributed by atoms with E-state index in [4.69, 9.17) is 4.74 Å². The summed E-state index contributed by atoms with van der Waals surface area (Å²) in [5.41, 5.74) is 3.27. The molecule has 0 aromatic heterocycles. The van der Waals surface area contributed by atoms with Crippen molar-refractivity contribution in [3.63, 3.8) is 0 Å². The Hall–Kier alpha value is -2.42. The third kappa shape index (κ3) is 2.35. The second kappa shape index (κ2) is 5.29. The predicted molar refractivity (Wildman–Crippen MR) is 78.3 cm³/mol. The fourth-order valence-corrected chi connectivity index (χ4v) is 2.30. The van der Waals surface area contributed by atoms with Crippen LogP contribution in [-0.4, -0.2) is 24.3 Å². The predicted octanol–water partition coefficient (Wildman–Crippen LogP) is 3.08. The smallest absolute Gasteiger partial charge is 0.339 e. The molecule has 3 heteroatoms. The van der Waals surface area contributed by atoms with Crippen molar-refractivity contribution in [3.05, 3.63) is 71.3 Å². The van der Waals surface area contributed by atoms with Crippen LogP contribution < -0.4 is 0 Å². The van der Waals surface area contributed by atoms with Gasteiger partial charge in [0.25, 0.3) is 0 Å². The molecule has 0 aliphatic carbocycles. The summed E-state index contributed by atoms with van der Waals surface area (Å²) in [5.74, 6) is -0.281. The first kappa shape index (κ1) is 12.6. The summed E-state index contributed by atoms with van der Waals surface area (Å²) in [6.07, 6.45) is -0.213. The van der Waals surface area contributed by atoms with Gasteiger partial charge >= 0.3 is 5.97 Å². The number of esters is 1. The molecular formula is C17H15NO2. The van der Waals surface area contributed by atoms with Crippen LogP contribution in [0, 0.1) is 0 Å². The summed E-state index contributed by atoms with van der Waals surface area (Å²) in [6.45, 7) is 2.34. The third-order valence-corrected chi connectivity index (χ3v) is 3.26. The molecule has 0 radical (unpaired) electrons. The van der Waals surface area contributed by atoms with Crippen LogP contribution in [0.3, 0.4) is 0 Å². The molecule has 0 amide bonds. The van der Waals surface area contributed by atoms with E-state index in [1.54, 1.807) is 6.07 Å². The van der Waals surface area contributed by atoms with Gasteiger partial charge in [-0.25, -0.2) is 4.79 Å². The highest BCUT2D eigenvalue weighted by atomic mass is 16.5. The molecule has 0 bridgehead atoms. The van der Waals surface area contributed by atoms with Crippen molar-refractivity contribution in [1.29, 1.82) is 0 Å². The summed E-state index contributed by atoms with van der Waals surface area (Å²) in [6, 6.07) is 17.4. The minimum Gasteiger partial charge on any atom is -0.457 e. The normalized spacial score (nSPS) is 18.4. The average Bonchev–Trinajstić information content (AvgIpc) is 2.47. The van der Waals surface area contributed by atoms with E-state index in [9.17, 15) is 4.79 Å². The minimum absolute atomic E-state index is 0.213. The zero-order chi connectivity index (χ0) is 13.9. The standard InChI is InChI=1S/C17H15NO2/c1-12-11-18-16(13-7-3-2-4-8-13)14-9-5-6-10-15(14)17(19)20-12/h2-10,12H,11H2,1H3/t12-/m1/s1. The molecule has 0 N–H and O–H groups in total. The lowest BCUT2D eigenvalue weighted by molar-refractivity contribution is 0.0357. The van der Waals surface area contributed by atoms with Gasteiger partial charge in [-0.2, -0.15) is 0 Å². The van der Waals surface area contributed by atoms with Crippen LogP contribution in [0.1, 0.15) is 28.4 Å². The highest BCUT2D eigenvalue weighted by molar-refractivity contribution is 6.17. The molecule has 0 fully saturated rings. The van der Waals surface area contributed by atoms with E-state index in [1.807, 2.05) is 55.5 Å². The molecule has 0 saturated heterocycles. The van der Waals surface area contributed by atoms with E-state index >= 15 is 0 Å². The molecular weight excluding hydrogens is 250 g/mol. The zero-order valence-electron chi connectivity index (χ0n) is 11.2. The van der Waals surface area contributed by atoms with Gasteiger partial charge < -0.3 is 4.74 Å². The number of aliphatic imine (C=N–C) groups is 1. The van der Waals surface area contributed by atoms with E-state index in [1.165, 1.54) is 0 Å². The molecule has 0 saturated carbocycles. The first-order chi connectivity index (χ1) is 9.75. The Kier molecular flexibility index (Phi) is 3.33. The molecule has 1 aliphatic rings. The van der Waals surface area contributed by atoms with Crippen LogP contribution >= 0.6 is 0 Å². The fraction of sp³-hybridized carbons (Fsp3) is 0.176. The zero-order valence-corrected chi connectivity index (χ0v) is 11.2. The quantitative estimate of drug-likeness (QED) is 0.743. The van der Waals surface area contributed by atoms with E-state index in [2.05, 4.69) is 4.99 Å². The average molecular weight is 265 g/mol. The van der Waals surface area contributed by atoms with Crippen molar-refractivity contribution in [2.75, 3.05) is 6.54 Å². The number of hydrogen-bond acceptors (Lipinski definition) is 3. The Morgan fingerprint density at radius 1 is 1.00 bits per heavy atom. The molecule has 2 aromatic carbocycles. The van der Waals surface area contributed by atoms with Crippen molar-refractivity contribution in [3.8, 4) is 0 Å². The number of rotatable bonds is 1. The van der Waals surface area contributed by atoms with E-state index in [0.29, 0.717) is 12.1 Å². The Morgan fingerprint density at radius 3 is 2.40 bits per heavy atom. The number of cyclic esters (lactones) is 1. The lowest BCUT2D eigenvalue weighted by Crippen LogP contribution is -2.24. The molecule has 0 spiro atoms. The van der Waals surface area contributed by atoms with Gasteiger partial charge in [0.2, 0.25) is 0 Å². The summed E-state index contributed by atoms with van der Waals surface area (Å²) < 4.78 is 5.36. The number of benzene rings is 2. The van der Waals surface area contributed by atoms with Gasteiger partial charge in [-0.3, -0.25) is 4.99 Å². The van der Waals surface area contributed by atoms with Gasteiger partial charge in [-0.15, -0.1) is 0 Å². The van der Waals surface area contributed by atoms with Crippen molar-refractivity contribution in [2.24, 2.45) is 4.99 Å². The molecule has 3 nitrogen and oxygen atoms in total. The second-order valence-electron chi connectivity index (χ2n) is 4.82. The second-order valence-corrected chi connectivity index (χ2v) is 4.82. The molecule has 1 heterocycles. The first-order valence-electron chi connectivity index (χ1n) is 6.66. The van der Waals surface area contributed by atoms with Gasteiger partial charge in [-0.1, -0.05) is 48.5 Å². The first-order valence-corrected chi connectivity index (χ1v) is 6.66. The van der Waals surface area contributed by atoms with Crippen LogP contribution in [-0.2, 0) is 4.74 Å². The highest BCUT2D eigenvalue weighted by Gasteiger charge is 2.21. The van der Waals surface area contributed by atoms with Gasteiger partial charge in [-0.05, 0) is 13.0 Å². The Labute approximate surface area is 117 Å². The van der Waals surface area contributed by atoms with Crippen LogP contribution in [0.2, 0.25) is 0 Å². The maximum atomic E-state index is 12.2. The largest absolute Gasteiger partial charge is 0.457 e. The van der Waals surface area contributed by atoms with Gasteiger partial charge in [0, 0.05) is 11.1 Å². The maximum absolute atomic E-state index is 12.2. The molecule has 0 unspecified atom stereocenters. The lowest BCUT2D eigenvalue weighted by atomic mass is 9.97. The van der Waals surface area contributed by atoms with Crippen molar-refractivity contribution >= 4 is 11.7 Å². The maximum Gasteiger partial charge on any atom is 0.339 e. The number of ether oxygens (including phenoxy) is 1. The summed E-state index contributed by atoms with van der Waals surface area (Å²) in [4.78, 5) is 16.8. The molecule has 1 aliphatic heterocycles. The Morgan fingerprint density at radius 2 is 1.65 bits per heavy atom. The number of carbonyl (C=O) groups excluding carboxylic acids is 1. The van der Waals surface area contributed by atoms with Crippen molar-refractivity contribution < 1.29 is 9.53 Å².